The van der Waals surface area contributed by atoms with Crippen molar-refractivity contribution in [2.24, 2.45) is 11.7 Å². The van der Waals surface area contributed by atoms with Crippen LogP contribution in [0.5, 0.6) is 5.75 Å². The molecule has 1 saturated heterocycles. The minimum atomic E-state index is -0.598. The first-order valence-electron chi connectivity index (χ1n) is 12.4. The SMILES string of the molecule is CNC(=O)[C@@H](CC(=O)c1csc([C@@H]2C[C@@H](N)CN2C(=O)c2cn3cc(Cl)ccc3n2)n1)Cc1ccc(O)cc1. The molecule has 3 aromatic heterocycles. The molecule has 2 amide bonds. The molecule has 12 heteroatoms. The molecule has 4 heterocycles. The smallest absolute Gasteiger partial charge is 0.274 e. The largest absolute Gasteiger partial charge is 0.508 e. The lowest BCUT2D eigenvalue weighted by molar-refractivity contribution is -0.124. The van der Waals surface area contributed by atoms with Crippen LogP contribution < -0.4 is 11.1 Å². The molecule has 0 saturated carbocycles. The van der Waals surface area contributed by atoms with Gasteiger partial charge in [-0.3, -0.25) is 14.4 Å². The standard InChI is InChI=1S/C27H27ClN6O4S/c1-30-25(37)16(8-15-2-5-19(35)6-3-15)9-23(36)21-14-39-26(32-21)22-10-18(29)12-34(22)27(38)20-13-33-11-17(28)4-7-24(33)31-20/h2-7,11,13-14,16,18,22,35H,8-10,12,29H2,1H3,(H,30,37)/t16-,18-,22+/m1/s1. The van der Waals surface area contributed by atoms with Gasteiger partial charge in [-0.1, -0.05) is 23.7 Å². The fourth-order valence-electron chi connectivity index (χ4n) is 4.82. The molecule has 202 valence electrons. The number of rotatable bonds is 8. The maximum Gasteiger partial charge on any atom is 0.274 e. The average Bonchev–Trinajstić information content (AvgIpc) is 3.66. The summed E-state index contributed by atoms with van der Waals surface area (Å²) in [7, 11) is 1.53. The summed E-state index contributed by atoms with van der Waals surface area (Å²) in [4.78, 5) is 49.8. The number of hydrogen-bond donors (Lipinski definition) is 3. The molecule has 4 aromatic rings. The number of aromatic nitrogens is 3. The van der Waals surface area contributed by atoms with E-state index in [9.17, 15) is 19.5 Å². The fraction of sp³-hybridized carbons (Fsp3) is 0.296. The molecule has 0 unspecified atom stereocenters. The Hall–Kier alpha value is -3.80. The molecular formula is C27H27ClN6O4S. The third-order valence-electron chi connectivity index (χ3n) is 6.79. The molecule has 10 nitrogen and oxygen atoms in total. The summed E-state index contributed by atoms with van der Waals surface area (Å²) < 4.78 is 1.70. The van der Waals surface area contributed by atoms with Gasteiger partial charge in [-0.05, 0) is 42.7 Å². The number of imidazole rings is 1. The van der Waals surface area contributed by atoms with E-state index in [0.29, 0.717) is 35.1 Å². The summed E-state index contributed by atoms with van der Waals surface area (Å²) in [6.07, 6.45) is 4.13. The van der Waals surface area contributed by atoms with Crippen molar-refractivity contribution in [3.05, 3.63) is 81.2 Å². The number of nitrogens with two attached hydrogens (primary N) is 1. The lowest BCUT2D eigenvalue weighted by Gasteiger charge is -2.21. The number of hydrogen-bond acceptors (Lipinski definition) is 8. The van der Waals surface area contributed by atoms with Crippen molar-refractivity contribution in [1.29, 1.82) is 0 Å². The Morgan fingerprint density at radius 2 is 1.92 bits per heavy atom. The first kappa shape index (κ1) is 26.8. The van der Waals surface area contributed by atoms with Gasteiger partial charge in [0, 0.05) is 49.7 Å². The zero-order chi connectivity index (χ0) is 27.7. The van der Waals surface area contributed by atoms with Crippen molar-refractivity contribution in [3.63, 3.8) is 0 Å². The minimum Gasteiger partial charge on any atom is -0.508 e. The van der Waals surface area contributed by atoms with E-state index in [1.54, 1.807) is 63.5 Å². The van der Waals surface area contributed by atoms with Gasteiger partial charge in [0.2, 0.25) is 5.91 Å². The monoisotopic (exact) mass is 566 g/mol. The summed E-state index contributed by atoms with van der Waals surface area (Å²) in [5.74, 6) is -1.25. The second-order valence-corrected chi connectivity index (χ2v) is 10.9. The van der Waals surface area contributed by atoms with Gasteiger partial charge >= 0.3 is 0 Å². The van der Waals surface area contributed by atoms with Gasteiger partial charge < -0.3 is 25.5 Å². The van der Waals surface area contributed by atoms with Crippen LogP contribution in [0.4, 0.5) is 0 Å². The molecule has 39 heavy (non-hydrogen) atoms. The van der Waals surface area contributed by atoms with Crippen LogP contribution in [0.15, 0.2) is 54.2 Å². The number of phenolic OH excluding ortho intramolecular Hbond substituents is 1. The number of halogens is 1. The number of benzene rings is 1. The molecule has 0 radical (unpaired) electrons. The Morgan fingerprint density at radius 3 is 2.67 bits per heavy atom. The van der Waals surface area contributed by atoms with Gasteiger partial charge in [0.05, 0.1) is 11.1 Å². The highest BCUT2D eigenvalue weighted by atomic mass is 35.5. The van der Waals surface area contributed by atoms with Crippen LogP contribution in [-0.4, -0.2) is 61.6 Å². The van der Waals surface area contributed by atoms with Crippen molar-refractivity contribution in [2.45, 2.75) is 31.3 Å². The number of nitrogens with zero attached hydrogens (tertiary/aromatic N) is 4. The van der Waals surface area contributed by atoms with Crippen LogP contribution in [0.2, 0.25) is 5.02 Å². The topological polar surface area (TPSA) is 143 Å². The van der Waals surface area contributed by atoms with E-state index in [2.05, 4.69) is 15.3 Å². The number of nitrogens with one attached hydrogen (secondary N) is 1. The first-order valence-corrected chi connectivity index (χ1v) is 13.7. The van der Waals surface area contributed by atoms with Crippen LogP contribution in [0.3, 0.4) is 0 Å². The van der Waals surface area contributed by atoms with Crippen molar-refractivity contribution >= 4 is 46.2 Å². The number of aromatic hydroxyl groups is 1. The van der Waals surface area contributed by atoms with Crippen LogP contribution in [0, 0.1) is 5.92 Å². The normalized spacial score (nSPS) is 17.9. The third-order valence-corrected chi connectivity index (χ3v) is 7.96. The third kappa shape index (κ3) is 5.80. The molecule has 1 aromatic carbocycles. The van der Waals surface area contributed by atoms with Gasteiger partial charge in [-0.2, -0.15) is 0 Å². The lowest BCUT2D eigenvalue weighted by Crippen LogP contribution is -2.33. The number of Topliss-reactive ketones (excluding diaryl/α,β-unsaturated/α-hetero) is 1. The molecular weight excluding hydrogens is 540 g/mol. The summed E-state index contributed by atoms with van der Waals surface area (Å²) in [5, 5.41) is 15.0. The highest BCUT2D eigenvalue weighted by molar-refractivity contribution is 7.09. The van der Waals surface area contributed by atoms with Gasteiger partial charge in [-0.15, -0.1) is 11.3 Å². The van der Waals surface area contributed by atoms with Crippen LogP contribution >= 0.6 is 22.9 Å². The Labute approximate surface area is 233 Å². The Balaban J connectivity index is 1.32. The van der Waals surface area contributed by atoms with Gasteiger partial charge in [0.15, 0.2) is 5.78 Å². The highest BCUT2D eigenvalue weighted by Crippen LogP contribution is 2.35. The summed E-state index contributed by atoms with van der Waals surface area (Å²) in [6.45, 7) is 0.340. The lowest BCUT2D eigenvalue weighted by atomic mass is 9.92. The van der Waals surface area contributed by atoms with E-state index in [-0.39, 0.29) is 53.2 Å². The molecule has 0 aliphatic carbocycles. The number of pyridine rings is 1. The number of carbonyl (C=O) groups is 3. The molecule has 3 atom stereocenters. The van der Waals surface area contributed by atoms with Crippen LogP contribution in [-0.2, 0) is 11.2 Å². The zero-order valence-corrected chi connectivity index (χ0v) is 22.7. The second-order valence-electron chi connectivity index (χ2n) is 9.59. The summed E-state index contributed by atoms with van der Waals surface area (Å²) >= 11 is 7.36. The van der Waals surface area contributed by atoms with Crippen molar-refractivity contribution in [3.8, 4) is 5.75 Å². The fourth-order valence-corrected chi connectivity index (χ4v) is 5.93. The summed E-state index contributed by atoms with van der Waals surface area (Å²) in [6, 6.07) is 9.36. The number of amides is 2. The molecule has 5 rings (SSSR count). The van der Waals surface area contributed by atoms with Crippen molar-refractivity contribution in [2.75, 3.05) is 13.6 Å². The zero-order valence-electron chi connectivity index (χ0n) is 21.1. The van der Waals surface area contributed by atoms with E-state index in [4.69, 9.17) is 17.3 Å². The summed E-state index contributed by atoms with van der Waals surface area (Å²) in [5.41, 5.74) is 8.20. The number of phenols is 1. The Morgan fingerprint density at radius 1 is 1.15 bits per heavy atom. The van der Waals surface area contributed by atoms with Crippen molar-refractivity contribution < 1.29 is 19.5 Å². The second kappa shape index (κ2) is 11.1. The molecule has 1 aliphatic heterocycles. The van der Waals surface area contributed by atoms with E-state index in [0.717, 1.165) is 5.56 Å². The Bertz CT molecular complexity index is 1530. The maximum atomic E-state index is 13.4. The van der Waals surface area contributed by atoms with E-state index in [1.165, 1.54) is 18.4 Å². The molecule has 4 N–H and O–H groups in total. The van der Waals surface area contributed by atoms with Crippen molar-refractivity contribution in [1.82, 2.24) is 24.6 Å². The maximum absolute atomic E-state index is 13.4. The average molecular weight is 567 g/mol. The minimum absolute atomic E-state index is 0.0274. The number of likely N-dealkylation sites (tertiary alicyclic amines) is 1. The predicted molar refractivity (Wildman–Crippen MR) is 147 cm³/mol. The van der Waals surface area contributed by atoms with Gasteiger partial charge in [-0.25, -0.2) is 9.97 Å². The van der Waals surface area contributed by atoms with Crippen LogP contribution in [0.1, 0.15) is 50.4 Å². The molecule has 0 bridgehead atoms. The molecule has 0 spiro atoms. The van der Waals surface area contributed by atoms with Gasteiger partial charge in [0.25, 0.3) is 5.91 Å². The number of carbonyl (C=O) groups excluding carboxylic acids is 3. The molecule has 1 aliphatic rings. The van der Waals surface area contributed by atoms with Crippen LogP contribution in [0.25, 0.3) is 5.65 Å². The van der Waals surface area contributed by atoms with Gasteiger partial charge in [0.1, 0.15) is 27.8 Å². The first-order chi connectivity index (χ1) is 18.7. The number of thiazole rings is 1. The predicted octanol–water partition coefficient (Wildman–Crippen LogP) is 3.24. The Kier molecular flexibility index (Phi) is 7.65. The quantitative estimate of drug-likeness (QED) is 0.278. The van der Waals surface area contributed by atoms with E-state index < -0.39 is 5.92 Å². The van der Waals surface area contributed by atoms with E-state index >= 15 is 0 Å². The highest BCUT2D eigenvalue weighted by Gasteiger charge is 2.38. The number of ketones is 1. The molecule has 1 fully saturated rings. The van der Waals surface area contributed by atoms with E-state index in [1.807, 2.05) is 0 Å². The number of fused-ring (bicyclic) bond motifs is 1.